The number of anilines is 1. The Hall–Kier alpha value is -2.71. The summed E-state index contributed by atoms with van der Waals surface area (Å²) in [5, 5.41) is 8.61. The molecule has 3 aromatic rings. The van der Waals surface area contributed by atoms with Crippen LogP contribution >= 0.6 is 0 Å². The van der Waals surface area contributed by atoms with Crippen LogP contribution in [0.3, 0.4) is 0 Å². The molecule has 1 saturated heterocycles. The number of rotatable bonds is 4. The zero-order valence-electron chi connectivity index (χ0n) is 16.9. The van der Waals surface area contributed by atoms with Gasteiger partial charge in [0.25, 0.3) is 0 Å². The Morgan fingerprint density at radius 2 is 1.38 bits per heavy atom. The Morgan fingerprint density at radius 3 is 2.00 bits per heavy atom. The molecule has 0 atom stereocenters. The molecule has 0 bridgehead atoms. The lowest BCUT2D eigenvalue weighted by atomic mass is 10.1. The quantitative estimate of drug-likeness (QED) is 0.660. The molecule has 1 aromatic carbocycles. The molecule has 8 heteroatoms. The van der Waals surface area contributed by atoms with Gasteiger partial charge in [-0.2, -0.15) is 4.31 Å². The lowest BCUT2D eigenvalue weighted by Gasteiger charge is -2.34. The maximum absolute atomic E-state index is 13.2. The van der Waals surface area contributed by atoms with Gasteiger partial charge in [-0.25, -0.2) is 8.42 Å². The monoisotopic (exact) mass is 411 g/mol. The molecule has 0 unspecified atom stereocenters. The van der Waals surface area contributed by atoms with Gasteiger partial charge in [-0.3, -0.25) is 0 Å². The van der Waals surface area contributed by atoms with Crippen LogP contribution in [0, 0.1) is 20.8 Å². The van der Waals surface area contributed by atoms with E-state index in [2.05, 4.69) is 15.1 Å². The molecule has 1 fully saturated rings. The molecule has 0 N–H and O–H groups in total. The molecule has 4 rings (SSSR count). The molecule has 1 aliphatic rings. The van der Waals surface area contributed by atoms with Gasteiger partial charge in [-0.15, -0.1) is 10.2 Å². The normalized spacial score (nSPS) is 15.6. The molecule has 152 valence electrons. The summed E-state index contributed by atoms with van der Waals surface area (Å²) in [7, 11) is -3.51. The van der Waals surface area contributed by atoms with Crippen molar-refractivity contribution in [2.75, 3.05) is 31.1 Å². The Labute approximate surface area is 171 Å². The number of sulfonamides is 1. The van der Waals surface area contributed by atoms with E-state index in [4.69, 9.17) is 0 Å². The van der Waals surface area contributed by atoms with Crippen molar-refractivity contribution in [2.45, 2.75) is 25.7 Å². The topological polar surface area (TPSA) is 71.3 Å². The van der Waals surface area contributed by atoms with E-state index in [0.717, 1.165) is 28.3 Å². The van der Waals surface area contributed by atoms with Crippen LogP contribution in [0.4, 0.5) is 5.82 Å². The second kappa shape index (κ2) is 7.61. The van der Waals surface area contributed by atoms with Crippen molar-refractivity contribution in [2.24, 2.45) is 0 Å². The van der Waals surface area contributed by atoms with Crippen LogP contribution in [0.2, 0.25) is 0 Å². The van der Waals surface area contributed by atoms with E-state index in [1.165, 1.54) is 0 Å². The minimum Gasteiger partial charge on any atom is -0.352 e. The van der Waals surface area contributed by atoms with E-state index in [9.17, 15) is 8.42 Å². The number of hydrogen-bond donors (Lipinski definition) is 0. The summed E-state index contributed by atoms with van der Waals surface area (Å²) in [4.78, 5) is 2.48. The maximum atomic E-state index is 13.2. The third-order valence-corrected chi connectivity index (χ3v) is 7.52. The number of aromatic nitrogens is 3. The highest BCUT2D eigenvalue weighted by Gasteiger charge is 2.30. The Bertz CT molecular complexity index is 1100. The first-order valence-electron chi connectivity index (χ1n) is 9.66. The molecule has 0 radical (unpaired) electrons. The summed E-state index contributed by atoms with van der Waals surface area (Å²) < 4.78 is 29.8. The molecule has 3 heterocycles. The number of hydrogen-bond acceptors (Lipinski definition) is 5. The van der Waals surface area contributed by atoms with Crippen molar-refractivity contribution >= 4 is 15.8 Å². The van der Waals surface area contributed by atoms with E-state index in [1.54, 1.807) is 10.4 Å². The van der Waals surface area contributed by atoms with Gasteiger partial charge in [0.2, 0.25) is 10.0 Å². The van der Waals surface area contributed by atoms with Crippen molar-refractivity contribution in [3.63, 3.8) is 0 Å². The molecule has 0 aliphatic carbocycles. The number of benzene rings is 1. The second-order valence-electron chi connectivity index (χ2n) is 7.43. The lowest BCUT2D eigenvalue weighted by Crippen LogP contribution is -2.49. The third kappa shape index (κ3) is 3.77. The van der Waals surface area contributed by atoms with Crippen LogP contribution in [-0.2, 0) is 10.0 Å². The standard InChI is InChI=1S/C21H25N5O2S/c1-16-14-18(3)19(15-17(16)2)29(27,28)26-12-10-25(11-13-26)21-7-6-20(22-23-21)24-8-4-5-9-24/h4-9,14-15H,10-13H2,1-3H3. The molecular weight excluding hydrogens is 386 g/mol. The molecule has 0 saturated carbocycles. The molecule has 0 spiro atoms. The van der Waals surface area contributed by atoms with Crippen LogP contribution in [0.5, 0.6) is 0 Å². The predicted molar refractivity (Wildman–Crippen MR) is 113 cm³/mol. The van der Waals surface area contributed by atoms with E-state index in [0.29, 0.717) is 31.1 Å². The summed E-state index contributed by atoms with van der Waals surface area (Å²) in [6.07, 6.45) is 3.84. The van der Waals surface area contributed by atoms with Crippen LogP contribution < -0.4 is 4.90 Å². The van der Waals surface area contributed by atoms with Crippen LogP contribution in [0.1, 0.15) is 16.7 Å². The lowest BCUT2D eigenvalue weighted by molar-refractivity contribution is 0.383. The Kier molecular flexibility index (Phi) is 5.14. The fourth-order valence-electron chi connectivity index (χ4n) is 3.62. The van der Waals surface area contributed by atoms with Crippen molar-refractivity contribution in [1.82, 2.24) is 19.1 Å². The average molecular weight is 412 g/mol. The third-order valence-electron chi connectivity index (χ3n) is 5.48. The van der Waals surface area contributed by atoms with Crippen molar-refractivity contribution in [3.05, 3.63) is 65.5 Å². The molecule has 29 heavy (non-hydrogen) atoms. The molecular formula is C21H25N5O2S. The van der Waals surface area contributed by atoms with Gasteiger partial charge in [0, 0.05) is 38.6 Å². The van der Waals surface area contributed by atoms with Crippen LogP contribution in [-0.4, -0.2) is 53.7 Å². The molecule has 1 aliphatic heterocycles. The van der Waals surface area contributed by atoms with E-state index in [-0.39, 0.29) is 0 Å². The average Bonchev–Trinajstić information content (AvgIpc) is 3.26. The van der Waals surface area contributed by atoms with Gasteiger partial charge in [0.1, 0.15) is 0 Å². The minimum atomic E-state index is -3.51. The van der Waals surface area contributed by atoms with Gasteiger partial charge < -0.3 is 9.47 Å². The number of aryl methyl sites for hydroxylation is 3. The zero-order chi connectivity index (χ0) is 20.6. The zero-order valence-corrected chi connectivity index (χ0v) is 17.7. The van der Waals surface area contributed by atoms with Crippen molar-refractivity contribution < 1.29 is 8.42 Å². The van der Waals surface area contributed by atoms with Gasteiger partial charge in [0.15, 0.2) is 11.6 Å². The highest BCUT2D eigenvalue weighted by molar-refractivity contribution is 7.89. The van der Waals surface area contributed by atoms with Gasteiger partial charge >= 0.3 is 0 Å². The predicted octanol–water partition coefficient (Wildman–Crippen LogP) is 2.70. The summed E-state index contributed by atoms with van der Waals surface area (Å²) in [5.41, 5.74) is 2.89. The largest absolute Gasteiger partial charge is 0.352 e. The van der Waals surface area contributed by atoms with Gasteiger partial charge in [-0.1, -0.05) is 6.07 Å². The molecule has 2 aromatic heterocycles. The fraction of sp³-hybridized carbons (Fsp3) is 0.333. The summed E-state index contributed by atoms with van der Waals surface area (Å²) in [6, 6.07) is 11.5. The second-order valence-corrected chi connectivity index (χ2v) is 9.34. The van der Waals surface area contributed by atoms with Crippen LogP contribution in [0.25, 0.3) is 5.82 Å². The summed E-state index contributed by atoms with van der Waals surface area (Å²) in [6.45, 7) is 7.83. The Balaban J connectivity index is 1.47. The smallest absolute Gasteiger partial charge is 0.243 e. The first-order valence-corrected chi connectivity index (χ1v) is 11.1. The Morgan fingerprint density at radius 1 is 0.793 bits per heavy atom. The first-order chi connectivity index (χ1) is 13.9. The van der Waals surface area contributed by atoms with E-state index < -0.39 is 10.0 Å². The van der Waals surface area contributed by atoms with E-state index in [1.807, 2.05) is 68.1 Å². The number of nitrogens with zero attached hydrogens (tertiary/aromatic N) is 5. The summed E-state index contributed by atoms with van der Waals surface area (Å²) >= 11 is 0. The van der Waals surface area contributed by atoms with Crippen molar-refractivity contribution in [1.29, 1.82) is 0 Å². The molecule has 0 amide bonds. The van der Waals surface area contributed by atoms with Gasteiger partial charge in [0.05, 0.1) is 4.90 Å². The van der Waals surface area contributed by atoms with Gasteiger partial charge in [-0.05, 0) is 67.8 Å². The maximum Gasteiger partial charge on any atom is 0.243 e. The van der Waals surface area contributed by atoms with Crippen LogP contribution in [0.15, 0.2) is 53.7 Å². The van der Waals surface area contributed by atoms with E-state index >= 15 is 0 Å². The summed E-state index contributed by atoms with van der Waals surface area (Å²) in [5.74, 6) is 1.52. The number of piperazine rings is 1. The highest BCUT2D eigenvalue weighted by atomic mass is 32.2. The first kappa shape index (κ1) is 19.6. The molecule has 7 nitrogen and oxygen atoms in total. The highest BCUT2D eigenvalue weighted by Crippen LogP contribution is 2.25. The SMILES string of the molecule is Cc1cc(C)c(S(=O)(=O)N2CCN(c3ccc(-n4cccc4)nn3)CC2)cc1C. The fourth-order valence-corrected chi connectivity index (χ4v) is 5.33. The minimum absolute atomic E-state index is 0.407. The van der Waals surface area contributed by atoms with Crippen molar-refractivity contribution in [3.8, 4) is 5.82 Å².